The van der Waals surface area contributed by atoms with Gasteiger partial charge < -0.3 is 4.90 Å². The highest BCUT2D eigenvalue weighted by molar-refractivity contribution is 7.89. The van der Waals surface area contributed by atoms with Gasteiger partial charge in [0.2, 0.25) is 15.9 Å². The van der Waals surface area contributed by atoms with Crippen LogP contribution in [0.1, 0.15) is 31.7 Å². The van der Waals surface area contributed by atoms with Crippen molar-refractivity contribution in [3.63, 3.8) is 0 Å². The SMILES string of the molecule is CCC(C)C(C(=O)N1CCN(S(=O)(=O)c2cc(F)ccc2F)CC1)c1ccccc1. The van der Waals surface area contributed by atoms with Crippen molar-refractivity contribution in [3.8, 4) is 0 Å². The van der Waals surface area contributed by atoms with Crippen molar-refractivity contribution < 1.29 is 22.0 Å². The van der Waals surface area contributed by atoms with Crippen LogP contribution in [0.15, 0.2) is 53.4 Å². The molecule has 0 aromatic heterocycles. The fourth-order valence-corrected chi connectivity index (χ4v) is 5.27. The van der Waals surface area contributed by atoms with Crippen molar-refractivity contribution in [2.24, 2.45) is 5.92 Å². The lowest BCUT2D eigenvalue weighted by Gasteiger charge is -2.37. The van der Waals surface area contributed by atoms with Gasteiger partial charge in [0.25, 0.3) is 0 Å². The highest BCUT2D eigenvalue weighted by atomic mass is 32.2. The first kappa shape index (κ1) is 22.4. The molecule has 0 bridgehead atoms. The van der Waals surface area contributed by atoms with Gasteiger partial charge >= 0.3 is 0 Å². The summed E-state index contributed by atoms with van der Waals surface area (Å²) in [6.45, 7) is 4.54. The fraction of sp³-hybridized carbons (Fsp3) is 0.409. The summed E-state index contributed by atoms with van der Waals surface area (Å²) < 4.78 is 54.1. The smallest absolute Gasteiger partial charge is 0.246 e. The Balaban J connectivity index is 1.75. The molecule has 1 heterocycles. The molecule has 3 rings (SSSR count). The first-order valence-electron chi connectivity index (χ1n) is 10.0. The monoisotopic (exact) mass is 436 g/mol. The van der Waals surface area contributed by atoms with E-state index in [0.717, 1.165) is 28.4 Å². The van der Waals surface area contributed by atoms with Gasteiger partial charge in [-0.15, -0.1) is 0 Å². The lowest BCUT2D eigenvalue weighted by Crippen LogP contribution is -2.52. The van der Waals surface area contributed by atoms with Crippen LogP contribution in [0.3, 0.4) is 0 Å². The standard InChI is InChI=1S/C22H26F2N2O3S/c1-3-16(2)21(17-7-5-4-6-8-17)22(27)25-11-13-26(14-12-25)30(28,29)20-15-18(23)9-10-19(20)24/h4-10,15-16,21H,3,11-14H2,1-2H3. The molecule has 0 spiro atoms. The third kappa shape index (κ3) is 4.54. The normalized spacial score (nSPS) is 17.5. The lowest BCUT2D eigenvalue weighted by molar-refractivity contribution is -0.135. The second-order valence-electron chi connectivity index (χ2n) is 7.58. The van der Waals surface area contributed by atoms with Gasteiger partial charge in [-0.05, 0) is 29.7 Å². The number of hydrogen-bond donors (Lipinski definition) is 0. The van der Waals surface area contributed by atoms with E-state index in [1.807, 2.05) is 44.2 Å². The largest absolute Gasteiger partial charge is 0.340 e. The Morgan fingerprint density at radius 3 is 2.27 bits per heavy atom. The van der Waals surface area contributed by atoms with E-state index in [-0.39, 0.29) is 43.9 Å². The number of carbonyl (C=O) groups is 1. The van der Waals surface area contributed by atoms with E-state index in [1.165, 1.54) is 0 Å². The van der Waals surface area contributed by atoms with Crippen LogP contribution in [0.25, 0.3) is 0 Å². The summed E-state index contributed by atoms with van der Waals surface area (Å²) in [5.74, 6) is -2.02. The van der Waals surface area contributed by atoms with Crippen LogP contribution in [0.5, 0.6) is 0 Å². The molecule has 2 aromatic rings. The van der Waals surface area contributed by atoms with Crippen LogP contribution in [0, 0.1) is 17.6 Å². The summed E-state index contributed by atoms with van der Waals surface area (Å²) in [5, 5.41) is 0. The van der Waals surface area contributed by atoms with Crippen molar-refractivity contribution in [3.05, 3.63) is 65.7 Å². The molecular weight excluding hydrogens is 410 g/mol. The van der Waals surface area contributed by atoms with Crippen LogP contribution in [-0.4, -0.2) is 49.7 Å². The van der Waals surface area contributed by atoms with E-state index in [4.69, 9.17) is 0 Å². The third-order valence-electron chi connectivity index (χ3n) is 5.70. The molecule has 0 radical (unpaired) electrons. The maximum absolute atomic E-state index is 14.0. The van der Waals surface area contributed by atoms with E-state index in [0.29, 0.717) is 6.07 Å². The predicted molar refractivity (Wildman–Crippen MR) is 110 cm³/mol. The highest BCUT2D eigenvalue weighted by Crippen LogP contribution is 2.30. The van der Waals surface area contributed by atoms with Gasteiger partial charge in [-0.2, -0.15) is 4.31 Å². The zero-order valence-corrected chi connectivity index (χ0v) is 17.9. The number of rotatable bonds is 6. The van der Waals surface area contributed by atoms with Crippen LogP contribution < -0.4 is 0 Å². The molecular formula is C22H26F2N2O3S. The van der Waals surface area contributed by atoms with E-state index in [1.54, 1.807) is 4.90 Å². The Bertz CT molecular complexity index is 991. The molecule has 30 heavy (non-hydrogen) atoms. The molecule has 0 N–H and O–H groups in total. The Kier molecular flexibility index (Phi) is 6.88. The van der Waals surface area contributed by atoms with Crippen molar-refractivity contribution in [2.45, 2.75) is 31.1 Å². The summed E-state index contributed by atoms with van der Waals surface area (Å²) in [7, 11) is -4.18. The zero-order valence-electron chi connectivity index (χ0n) is 17.1. The maximum Gasteiger partial charge on any atom is 0.246 e. The molecule has 1 aliphatic heterocycles. The third-order valence-corrected chi connectivity index (χ3v) is 7.61. The van der Waals surface area contributed by atoms with Gasteiger partial charge in [0, 0.05) is 26.2 Å². The molecule has 1 aliphatic rings. The average Bonchev–Trinajstić information content (AvgIpc) is 2.76. The van der Waals surface area contributed by atoms with Gasteiger partial charge in [-0.1, -0.05) is 50.6 Å². The Hall–Kier alpha value is -2.32. The molecule has 1 fully saturated rings. The highest BCUT2D eigenvalue weighted by Gasteiger charge is 2.35. The van der Waals surface area contributed by atoms with Crippen LogP contribution in [-0.2, 0) is 14.8 Å². The van der Waals surface area contributed by atoms with Gasteiger partial charge in [0.05, 0.1) is 5.92 Å². The van der Waals surface area contributed by atoms with Crippen molar-refractivity contribution in [1.82, 2.24) is 9.21 Å². The minimum Gasteiger partial charge on any atom is -0.340 e. The van der Waals surface area contributed by atoms with E-state index in [2.05, 4.69) is 0 Å². The van der Waals surface area contributed by atoms with Crippen LogP contribution >= 0.6 is 0 Å². The quantitative estimate of drug-likeness (QED) is 0.695. The van der Waals surface area contributed by atoms with E-state index < -0.39 is 26.6 Å². The predicted octanol–water partition coefficient (Wildman–Crippen LogP) is 3.63. The van der Waals surface area contributed by atoms with Gasteiger partial charge in [0.15, 0.2) is 0 Å². The van der Waals surface area contributed by atoms with Gasteiger partial charge in [-0.25, -0.2) is 17.2 Å². The number of piperazine rings is 1. The molecule has 2 unspecified atom stereocenters. The second-order valence-corrected chi connectivity index (χ2v) is 9.48. The molecule has 0 aliphatic carbocycles. The van der Waals surface area contributed by atoms with Crippen molar-refractivity contribution >= 4 is 15.9 Å². The average molecular weight is 437 g/mol. The summed E-state index contributed by atoms with van der Waals surface area (Å²) in [6, 6.07) is 11.9. The molecule has 2 aromatic carbocycles. The fourth-order valence-electron chi connectivity index (χ4n) is 3.77. The van der Waals surface area contributed by atoms with Gasteiger partial charge in [0.1, 0.15) is 16.5 Å². The first-order valence-corrected chi connectivity index (χ1v) is 11.5. The Labute approximate surface area is 176 Å². The number of halogens is 2. The molecule has 5 nitrogen and oxygen atoms in total. The minimum atomic E-state index is -4.18. The summed E-state index contributed by atoms with van der Waals surface area (Å²) in [5.41, 5.74) is 0.939. The van der Waals surface area contributed by atoms with Crippen LogP contribution in [0.2, 0.25) is 0 Å². The van der Waals surface area contributed by atoms with Crippen molar-refractivity contribution in [2.75, 3.05) is 26.2 Å². The number of hydrogen-bond acceptors (Lipinski definition) is 3. The lowest BCUT2D eigenvalue weighted by atomic mass is 9.84. The zero-order chi connectivity index (χ0) is 21.9. The molecule has 1 saturated heterocycles. The summed E-state index contributed by atoms with van der Waals surface area (Å²) >= 11 is 0. The number of benzene rings is 2. The molecule has 2 atom stereocenters. The van der Waals surface area contributed by atoms with E-state index >= 15 is 0 Å². The molecule has 0 saturated carbocycles. The summed E-state index contributed by atoms with van der Waals surface area (Å²) in [6.07, 6.45) is 0.832. The number of carbonyl (C=O) groups excluding carboxylic acids is 1. The second kappa shape index (κ2) is 9.22. The summed E-state index contributed by atoms with van der Waals surface area (Å²) in [4.78, 5) is 14.3. The topological polar surface area (TPSA) is 57.7 Å². The van der Waals surface area contributed by atoms with Gasteiger partial charge in [-0.3, -0.25) is 4.79 Å². The molecule has 162 valence electrons. The Morgan fingerprint density at radius 1 is 1.03 bits per heavy atom. The molecule has 1 amide bonds. The number of nitrogens with zero attached hydrogens (tertiary/aromatic N) is 2. The first-order chi connectivity index (χ1) is 14.3. The minimum absolute atomic E-state index is 0.0338. The number of sulfonamides is 1. The Morgan fingerprint density at radius 2 is 1.67 bits per heavy atom. The van der Waals surface area contributed by atoms with Crippen molar-refractivity contribution in [1.29, 1.82) is 0 Å². The van der Waals surface area contributed by atoms with Crippen LogP contribution in [0.4, 0.5) is 8.78 Å². The maximum atomic E-state index is 14.0. The molecule has 8 heteroatoms. The van der Waals surface area contributed by atoms with E-state index in [9.17, 15) is 22.0 Å². The number of amides is 1.